The van der Waals surface area contributed by atoms with Gasteiger partial charge in [-0.1, -0.05) is 12.1 Å². The van der Waals surface area contributed by atoms with Crippen molar-refractivity contribution in [1.29, 1.82) is 0 Å². The monoisotopic (exact) mass is 397 g/mol. The lowest BCUT2D eigenvalue weighted by Crippen LogP contribution is -2.39. The third-order valence-corrected chi connectivity index (χ3v) is 4.96. The van der Waals surface area contributed by atoms with Gasteiger partial charge in [-0.25, -0.2) is 4.99 Å². The van der Waals surface area contributed by atoms with Crippen LogP contribution in [0.4, 0.5) is 5.69 Å². The van der Waals surface area contributed by atoms with Gasteiger partial charge in [0.1, 0.15) is 12.3 Å². The fraction of sp³-hybridized carbons (Fsp3) is 0.455. The molecule has 1 fully saturated rings. The van der Waals surface area contributed by atoms with Crippen molar-refractivity contribution in [2.24, 2.45) is 4.99 Å². The number of amides is 1. The summed E-state index contributed by atoms with van der Waals surface area (Å²) in [7, 11) is 0. The smallest absolute Gasteiger partial charge is 0.242 e. The summed E-state index contributed by atoms with van der Waals surface area (Å²) in [4.78, 5) is 18.9. The fourth-order valence-corrected chi connectivity index (χ4v) is 3.38. The first kappa shape index (κ1) is 20.8. The predicted octanol–water partition coefficient (Wildman–Crippen LogP) is 2.81. The van der Waals surface area contributed by atoms with E-state index in [1.165, 1.54) is 24.1 Å². The molecule has 156 valence electrons. The van der Waals surface area contributed by atoms with Crippen molar-refractivity contribution >= 4 is 17.6 Å². The molecule has 1 saturated heterocycles. The van der Waals surface area contributed by atoms with Crippen LogP contribution in [0.5, 0.6) is 0 Å². The SMILES string of the molecule is CCNC(=NCC(=O)NCc1ccco1)NC(C)c1cccc(N2CCCC2)c1. The number of nitrogens with zero attached hydrogens (tertiary/aromatic N) is 2. The van der Waals surface area contributed by atoms with Crippen molar-refractivity contribution in [3.63, 3.8) is 0 Å². The van der Waals surface area contributed by atoms with E-state index in [9.17, 15) is 4.79 Å². The van der Waals surface area contributed by atoms with Crippen LogP contribution in [0.2, 0.25) is 0 Å². The highest BCUT2D eigenvalue weighted by molar-refractivity contribution is 5.85. The first-order chi connectivity index (χ1) is 14.2. The van der Waals surface area contributed by atoms with Gasteiger partial charge in [-0.05, 0) is 56.5 Å². The van der Waals surface area contributed by atoms with Gasteiger partial charge < -0.3 is 25.3 Å². The molecular weight excluding hydrogens is 366 g/mol. The van der Waals surface area contributed by atoms with E-state index in [1.807, 2.05) is 13.0 Å². The minimum Gasteiger partial charge on any atom is -0.467 e. The minimum atomic E-state index is -0.151. The van der Waals surface area contributed by atoms with E-state index in [0.29, 0.717) is 12.5 Å². The summed E-state index contributed by atoms with van der Waals surface area (Å²) in [5, 5.41) is 9.41. The fourth-order valence-electron chi connectivity index (χ4n) is 3.38. The van der Waals surface area contributed by atoms with Crippen LogP contribution in [0.3, 0.4) is 0 Å². The van der Waals surface area contributed by atoms with E-state index in [4.69, 9.17) is 4.42 Å². The Hall–Kier alpha value is -2.96. The molecule has 1 aliphatic heterocycles. The molecule has 1 amide bonds. The maximum atomic E-state index is 12.1. The van der Waals surface area contributed by atoms with E-state index < -0.39 is 0 Å². The largest absolute Gasteiger partial charge is 0.467 e. The molecular formula is C22H31N5O2. The number of hydrogen-bond donors (Lipinski definition) is 3. The Labute approximate surface area is 172 Å². The lowest BCUT2D eigenvalue weighted by molar-refractivity contribution is -0.119. The van der Waals surface area contributed by atoms with Crippen molar-refractivity contribution < 1.29 is 9.21 Å². The highest BCUT2D eigenvalue weighted by atomic mass is 16.3. The van der Waals surface area contributed by atoms with Crippen LogP contribution in [0.25, 0.3) is 0 Å². The number of hydrogen-bond acceptors (Lipinski definition) is 4. The maximum Gasteiger partial charge on any atom is 0.242 e. The Morgan fingerprint density at radius 2 is 2.03 bits per heavy atom. The van der Waals surface area contributed by atoms with Gasteiger partial charge in [-0.15, -0.1) is 0 Å². The quantitative estimate of drug-likeness (QED) is 0.471. The Bertz CT molecular complexity index is 797. The van der Waals surface area contributed by atoms with Crippen LogP contribution in [0, 0.1) is 0 Å². The third-order valence-electron chi connectivity index (χ3n) is 4.96. The summed E-state index contributed by atoms with van der Waals surface area (Å²) < 4.78 is 5.22. The molecule has 3 rings (SSSR count). The van der Waals surface area contributed by atoms with Gasteiger partial charge in [0.05, 0.1) is 18.8 Å². The number of carbonyl (C=O) groups is 1. The van der Waals surface area contributed by atoms with Gasteiger partial charge in [-0.2, -0.15) is 0 Å². The molecule has 0 radical (unpaired) electrons. The topological polar surface area (TPSA) is 81.9 Å². The van der Waals surface area contributed by atoms with Crippen molar-refractivity contribution in [3.8, 4) is 0 Å². The number of aliphatic imine (C=N–C) groups is 1. The molecule has 0 saturated carbocycles. The molecule has 1 aromatic heterocycles. The Morgan fingerprint density at radius 1 is 1.21 bits per heavy atom. The molecule has 0 spiro atoms. The van der Waals surface area contributed by atoms with Crippen molar-refractivity contribution in [3.05, 3.63) is 54.0 Å². The molecule has 0 aliphatic carbocycles. The molecule has 1 atom stereocenters. The number of nitrogens with one attached hydrogen (secondary N) is 3. The van der Waals surface area contributed by atoms with Crippen molar-refractivity contribution in [2.75, 3.05) is 31.1 Å². The van der Waals surface area contributed by atoms with E-state index >= 15 is 0 Å². The standard InChI is InChI=1S/C22H31N5O2/c1-3-23-22(25-16-21(28)24-15-20-10-7-13-29-20)26-17(2)18-8-6-9-19(14-18)27-11-4-5-12-27/h6-10,13-14,17H,3-5,11-12,15-16H2,1-2H3,(H,24,28)(H2,23,25,26). The van der Waals surface area contributed by atoms with Crippen LogP contribution in [0.15, 0.2) is 52.1 Å². The van der Waals surface area contributed by atoms with Gasteiger partial charge in [0.2, 0.25) is 5.91 Å². The number of benzene rings is 1. The minimum absolute atomic E-state index is 0.0522. The highest BCUT2D eigenvalue weighted by Gasteiger charge is 2.14. The third kappa shape index (κ3) is 6.27. The molecule has 3 N–H and O–H groups in total. The summed E-state index contributed by atoms with van der Waals surface area (Å²) in [5.74, 6) is 1.20. The molecule has 2 heterocycles. The lowest BCUT2D eigenvalue weighted by atomic mass is 10.1. The van der Waals surface area contributed by atoms with E-state index in [1.54, 1.807) is 12.3 Å². The summed E-state index contributed by atoms with van der Waals surface area (Å²) in [6.45, 7) is 7.51. The van der Waals surface area contributed by atoms with Crippen molar-refractivity contribution in [2.45, 2.75) is 39.3 Å². The molecule has 2 aromatic rings. The highest BCUT2D eigenvalue weighted by Crippen LogP contribution is 2.23. The number of guanidine groups is 1. The summed E-state index contributed by atoms with van der Waals surface area (Å²) in [5.41, 5.74) is 2.47. The van der Waals surface area contributed by atoms with Crippen LogP contribution < -0.4 is 20.9 Å². The van der Waals surface area contributed by atoms with Crippen LogP contribution >= 0.6 is 0 Å². The summed E-state index contributed by atoms with van der Waals surface area (Å²) >= 11 is 0. The maximum absolute atomic E-state index is 12.1. The second kappa shape index (κ2) is 10.5. The van der Waals surface area contributed by atoms with Gasteiger partial charge in [0, 0.05) is 25.3 Å². The predicted molar refractivity (Wildman–Crippen MR) is 116 cm³/mol. The van der Waals surface area contributed by atoms with Gasteiger partial charge in [-0.3, -0.25) is 4.79 Å². The first-order valence-corrected chi connectivity index (χ1v) is 10.3. The normalized spacial score (nSPS) is 15.2. The van der Waals surface area contributed by atoms with E-state index in [-0.39, 0.29) is 18.5 Å². The average Bonchev–Trinajstić information content (AvgIpc) is 3.45. The number of rotatable bonds is 8. The molecule has 0 bridgehead atoms. The Balaban J connectivity index is 1.56. The van der Waals surface area contributed by atoms with Crippen LogP contribution in [-0.4, -0.2) is 38.0 Å². The van der Waals surface area contributed by atoms with Crippen LogP contribution in [-0.2, 0) is 11.3 Å². The Kier molecular flexibility index (Phi) is 7.55. The number of carbonyl (C=O) groups excluding carboxylic acids is 1. The first-order valence-electron chi connectivity index (χ1n) is 10.3. The van der Waals surface area contributed by atoms with Gasteiger partial charge in [0.25, 0.3) is 0 Å². The molecule has 29 heavy (non-hydrogen) atoms. The molecule has 7 heteroatoms. The second-order valence-corrected chi connectivity index (χ2v) is 7.21. The van der Waals surface area contributed by atoms with Gasteiger partial charge >= 0.3 is 0 Å². The molecule has 1 aromatic carbocycles. The zero-order valence-corrected chi connectivity index (χ0v) is 17.3. The zero-order chi connectivity index (χ0) is 20.5. The zero-order valence-electron chi connectivity index (χ0n) is 17.3. The molecule has 1 unspecified atom stereocenters. The molecule has 1 aliphatic rings. The van der Waals surface area contributed by atoms with Gasteiger partial charge in [0.15, 0.2) is 5.96 Å². The van der Waals surface area contributed by atoms with Crippen molar-refractivity contribution in [1.82, 2.24) is 16.0 Å². The summed E-state index contributed by atoms with van der Waals surface area (Å²) in [6, 6.07) is 12.3. The van der Waals surface area contributed by atoms with E-state index in [2.05, 4.69) is 57.0 Å². The molecule has 7 nitrogen and oxygen atoms in total. The summed E-state index contributed by atoms with van der Waals surface area (Å²) in [6.07, 6.45) is 4.11. The van der Waals surface area contributed by atoms with E-state index in [0.717, 1.165) is 25.4 Å². The average molecular weight is 398 g/mol. The van der Waals surface area contributed by atoms with Crippen LogP contribution in [0.1, 0.15) is 44.1 Å². The Morgan fingerprint density at radius 3 is 2.76 bits per heavy atom. The second-order valence-electron chi connectivity index (χ2n) is 7.21. The number of anilines is 1. The lowest BCUT2D eigenvalue weighted by Gasteiger charge is -2.22. The number of furan rings is 1.